The van der Waals surface area contributed by atoms with Crippen LogP contribution in [0, 0.1) is 5.82 Å². The molecule has 0 fully saturated rings. The number of nitrogens with zero attached hydrogens (tertiary/aromatic N) is 2. The first-order chi connectivity index (χ1) is 13.0. The van der Waals surface area contributed by atoms with Crippen LogP contribution < -0.4 is 10.2 Å². The number of aromatic nitrogens is 1. The highest BCUT2D eigenvalue weighted by Crippen LogP contribution is 2.23. The molecule has 0 radical (unpaired) electrons. The summed E-state index contributed by atoms with van der Waals surface area (Å²) in [5, 5.41) is 5.30. The first-order valence-corrected chi connectivity index (χ1v) is 9.24. The molecule has 27 heavy (non-hydrogen) atoms. The van der Waals surface area contributed by atoms with Crippen molar-refractivity contribution in [3.05, 3.63) is 71.5 Å². The van der Waals surface area contributed by atoms with Crippen LogP contribution in [0.5, 0.6) is 0 Å². The average Bonchev–Trinajstić information content (AvgIpc) is 3.17. The van der Waals surface area contributed by atoms with Gasteiger partial charge in [-0.2, -0.15) is 0 Å². The second-order valence-electron chi connectivity index (χ2n) is 5.86. The van der Waals surface area contributed by atoms with Gasteiger partial charge < -0.3 is 10.2 Å². The minimum atomic E-state index is -0.657. The van der Waals surface area contributed by atoms with E-state index in [2.05, 4.69) is 10.3 Å². The number of rotatable bonds is 5. The highest BCUT2D eigenvalue weighted by Gasteiger charge is 2.19. The van der Waals surface area contributed by atoms with Crippen molar-refractivity contribution in [3.63, 3.8) is 0 Å². The largest absolute Gasteiger partial charge is 0.347 e. The number of thiazole rings is 1. The van der Waals surface area contributed by atoms with Crippen LogP contribution >= 0.6 is 11.3 Å². The summed E-state index contributed by atoms with van der Waals surface area (Å²) in [5.41, 5.74) is 2.31. The predicted octanol–water partition coefficient (Wildman–Crippen LogP) is 3.27. The van der Waals surface area contributed by atoms with Gasteiger partial charge in [0.1, 0.15) is 10.8 Å². The van der Waals surface area contributed by atoms with Gasteiger partial charge in [0.2, 0.25) is 0 Å². The van der Waals surface area contributed by atoms with Crippen molar-refractivity contribution >= 4 is 28.8 Å². The Labute approximate surface area is 160 Å². The molecule has 3 rings (SSSR count). The first-order valence-electron chi connectivity index (χ1n) is 8.36. The van der Waals surface area contributed by atoms with E-state index in [-0.39, 0.29) is 5.82 Å². The monoisotopic (exact) mass is 383 g/mol. The predicted molar refractivity (Wildman–Crippen MR) is 104 cm³/mol. The topological polar surface area (TPSA) is 62.3 Å². The Bertz CT molecular complexity index is 926. The zero-order valence-electron chi connectivity index (χ0n) is 14.7. The third kappa shape index (κ3) is 4.77. The number of carbonyl (C=O) groups excluding carboxylic acids is 2. The van der Waals surface area contributed by atoms with Gasteiger partial charge in [0.05, 0.1) is 5.69 Å². The van der Waals surface area contributed by atoms with E-state index >= 15 is 0 Å². The maximum absolute atomic E-state index is 13.0. The van der Waals surface area contributed by atoms with Crippen LogP contribution in [0.2, 0.25) is 0 Å². The van der Waals surface area contributed by atoms with Gasteiger partial charge in [-0.1, -0.05) is 18.2 Å². The highest BCUT2D eigenvalue weighted by atomic mass is 32.1. The number of benzene rings is 2. The SMILES string of the molecule is CN(C(=O)C(=O)NCCc1csc(-c2ccc(F)cc2)n1)c1ccccc1. The molecule has 5 nitrogen and oxygen atoms in total. The fraction of sp³-hybridized carbons (Fsp3) is 0.150. The minimum absolute atomic E-state index is 0.289. The number of hydrogen-bond acceptors (Lipinski definition) is 4. The third-order valence-corrected chi connectivity index (χ3v) is 4.89. The zero-order valence-corrected chi connectivity index (χ0v) is 15.5. The van der Waals surface area contributed by atoms with Gasteiger partial charge in [0.15, 0.2) is 0 Å². The van der Waals surface area contributed by atoms with E-state index in [1.807, 2.05) is 11.4 Å². The highest BCUT2D eigenvalue weighted by molar-refractivity contribution is 7.13. The second-order valence-corrected chi connectivity index (χ2v) is 6.71. The summed E-state index contributed by atoms with van der Waals surface area (Å²) in [6.07, 6.45) is 0.506. The molecule has 1 N–H and O–H groups in total. The van der Waals surface area contributed by atoms with E-state index < -0.39 is 11.8 Å². The standard InChI is InChI=1S/C20H18FN3O2S/c1-24(17-5-3-2-4-6-17)20(26)18(25)22-12-11-16-13-27-19(23-16)14-7-9-15(21)10-8-14/h2-10,13H,11-12H2,1H3,(H,22,25). The van der Waals surface area contributed by atoms with Crippen molar-refractivity contribution in [1.82, 2.24) is 10.3 Å². The summed E-state index contributed by atoms with van der Waals surface area (Å²) in [6, 6.07) is 15.1. The summed E-state index contributed by atoms with van der Waals surface area (Å²) in [4.78, 5) is 30.0. The summed E-state index contributed by atoms with van der Waals surface area (Å²) >= 11 is 1.45. The number of amides is 2. The fourth-order valence-electron chi connectivity index (χ4n) is 2.45. The van der Waals surface area contributed by atoms with Crippen LogP contribution in [0.25, 0.3) is 10.6 Å². The van der Waals surface area contributed by atoms with E-state index in [4.69, 9.17) is 0 Å². The molecule has 0 unspecified atom stereocenters. The number of para-hydroxylation sites is 1. The molecule has 0 spiro atoms. The van der Waals surface area contributed by atoms with E-state index in [0.717, 1.165) is 16.3 Å². The third-order valence-electron chi connectivity index (χ3n) is 3.95. The maximum Gasteiger partial charge on any atom is 0.316 e. The molecule has 2 aromatic carbocycles. The molecule has 0 aliphatic heterocycles. The normalized spacial score (nSPS) is 10.4. The molecule has 0 aliphatic rings. The molecule has 0 aliphatic carbocycles. The molecule has 2 amide bonds. The molecule has 138 valence electrons. The average molecular weight is 383 g/mol. The summed E-state index contributed by atoms with van der Waals surface area (Å²) in [6.45, 7) is 0.305. The molecule has 3 aromatic rings. The van der Waals surface area contributed by atoms with Gasteiger partial charge in [0, 0.05) is 36.6 Å². The molecular formula is C20H18FN3O2S. The fourth-order valence-corrected chi connectivity index (χ4v) is 3.31. The van der Waals surface area contributed by atoms with Crippen molar-refractivity contribution in [2.45, 2.75) is 6.42 Å². The lowest BCUT2D eigenvalue weighted by atomic mass is 10.2. The smallest absolute Gasteiger partial charge is 0.316 e. The van der Waals surface area contributed by atoms with E-state index in [0.29, 0.717) is 18.7 Å². The minimum Gasteiger partial charge on any atom is -0.347 e. The summed E-state index contributed by atoms with van der Waals surface area (Å²) in [5.74, 6) is -1.56. The van der Waals surface area contributed by atoms with Crippen molar-refractivity contribution in [2.75, 3.05) is 18.5 Å². The number of nitrogens with one attached hydrogen (secondary N) is 1. The number of carbonyl (C=O) groups is 2. The molecule has 1 aromatic heterocycles. The molecule has 7 heteroatoms. The Morgan fingerprint density at radius 3 is 2.52 bits per heavy atom. The van der Waals surface area contributed by atoms with Gasteiger partial charge in [-0.15, -0.1) is 11.3 Å². The number of hydrogen-bond donors (Lipinski definition) is 1. The van der Waals surface area contributed by atoms with E-state index in [1.54, 1.807) is 43.4 Å². The lowest BCUT2D eigenvalue weighted by Gasteiger charge is -2.16. The van der Waals surface area contributed by atoms with Gasteiger partial charge in [-0.3, -0.25) is 9.59 Å². The van der Waals surface area contributed by atoms with Crippen LogP contribution in [0.4, 0.5) is 10.1 Å². The molecule has 0 saturated heterocycles. The van der Waals surface area contributed by atoms with Crippen LogP contribution in [0.3, 0.4) is 0 Å². The Hall–Kier alpha value is -3.06. The van der Waals surface area contributed by atoms with Gasteiger partial charge in [-0.25, -0.2) is 9.37 Å². The molecule has 1 heterocycles. The van der Waals surface area contributed by atoms with Gasteiger partial charge >= 0.3 is 11.8 Å². The van der Waals surface area contributed by atoms with E-state index in [1.165, 1.54) is 28.4 Å². The van der Waals surface area contributed by atoms with Crippen LogP contribution in [-0.4, -0.2) is 30.4 Å². The molecule has 0 saturated carbocycles. The van der Waals surface area contributed by atoms with Crippen molar-refractivity contribution < 1.29 is 14.0 Å². The van der Waals surface area contributed by atoms with Crippen molar-refractivity contribution in [1.29, 1.82) is 0 Å². The Morgan fingerprint density at radius 2 is 1.81 bits per heavy atom. The number of halogens is 1. The molecular weight excluding hydrogens is 365 g/mol. The van der Waals surface area contributed by atoms with Gasteiger partial charge in [-0.05, 0) is 36.4 Å². The van der Waals surface area contributed by atoms with Gasteiger partial charge in [0.25, 0.3) is 0 Å². The van der Waals surface area contributed by atoms with Crippen LogP contribution in [0.1, 0.15) is 5.69 Å². The summed E-state index contributed by atoms with van der Waals surface area (Å²) < 4.78 is 13.0. The number of anilines is 1. The molecule has 0 bridgehead atoms. The van der Waals surface area contributed by atoms with Crippen LogP contribution in [0.15, 0.2) is 60.0 Å². The zero-order chi connectivity index (χ0) is 19.2. The quantitative estimate of drug-likeness (QED) is 0.688. The second kappa shape index (κ2) is 8.55. The maximum atomic E-state index is 13.0. The lowest BCUT2D eigenvalue weighted by Crippen LogP contribution is -2.41. The summed E-state index contributed by atoms with van der Waals surface area (Å²) in [7, 11) is 1.56. The Kier molecular flexibility index (Phi) is 5.93. The Morgan fingerprint density at radius 1 is 1.11 bits per heavy atom. The molecule has 0 atom stereocenters. The van der Waals surface area contributed by atoms with E-state index in [9.17, 15) is 14.0 Å². The van der Waals surface area contributed by atoms with Crippen molar-refractivity contribution in [2.24, 2.45) is 0 Å². The van der Waals surface area contributed by atoms with Crippen molar-refractivity contribution in [3.8, 4) is 10.6 Å². The number of likely N-dealkylation sites (N-methyl/N-ethyl adjacent to an activating group) is 1. The van der Waals surface area contributed by atoms with Crippen LogP contribution in [-0.2, 0) is 16.0 Å². The lowest BCUT2D eigenvalue weighted by molar-refractivity contribution is -0.137. The first kappa shape index (κ1) is 18.7. The Balaban J connectivity index is 1.51.